The van der Waals surface area contributed by atoms with E-state index in [0.29, 0.717) is 23.0 Å². The molecule has 45 nitrogen and oxygen atoms in total. The minimum atomic E-state index is -2.30. The summed E-state index contributed by atoms with van der Waals surface area (Å²) >= 11 is 0.637. The van der Waals surface area contributed by atoms with Crippen molar-refractivity contribution in [2.45, 2.75) is 162 Å². The number of hydrogen-bond acceptors (Lipinski definition) is 25. The largest absolute Gasteiger partial charge is 0.481 e. The van der Waals surface area contributed by atoms with Gasteiger partial charge >= 0.3 is 41.8 Å². The third kappa shape index (κ3) is 32.4. The lowest BCUT2D eigenvalue weighted by Crippen LogP contribution is -2.60. The van der Waals surface area contributed by atoms with Crippen LogP contribution in [0.5, 0.6) is 0 Å². The minimum absolute atomic E-state index is 0.0551. The Morgan fingerprint density at radius 1 is 0.466 bits per heavy atom. The Balaban J connectivity index is 2.54. The van der Waals surface area contributed by atoms with Crippen LogP contribution in [-0.2, 0) is 86.3 Å². The number of unbranched alkanes of at least 4 members (excludes halogenated alkanes) is 1. The number of guanidine groups is 2. The van der Waals surface area contributed by atoms with Crippen molar-refractivity contribution in [3.05, 3.63) is 29.8 Å². The first kappa shape index (κ1) is 87.2. The molecule has 0 aliphatic carbocycles. The van der Waals surface area contributed by atoms with Gasteiger partial charge in [-0.25, -0.2) is 9.69 Å². The number of carboxylic acid groups (broad SMARTS) is 7. The third-order valence-electron chi connectivity index (χ3n) is 14.4. The molecule has 0 radical (unpaired) electrons. The van der Waals surface area contributed by atoms with E-state index < -0.39 is 236 Å². The standard InChI is InChI=1S/C57H84N20O25S/c1-24(76-64)25-9-11-26(12-10-25)77-38(78)22-37(54(77)100)103-23-36(55(101)102)75-50(96)29(70-51(97)33(19-42(85)86)74-53(99)35(21-44(89)90)73-49(95)31(8-5-15-67-57(62)63)69-46(92)28(59)17-40(81)82)6-2-3-13-65-47(93)32(18-41(83)84)71-52(98)34(20-43(87)88)72-48(94)30(7-4-14-66-56(60)61)68-45(91)27(58)16-39(79)80/h9-12,27-37H,2-8,13-23,58-59,64H2,1H3,(H,65,93)(H,68,91)(H,69,92)(H,70,97)(H,71,98)(H,72,94)(H,73,95)(H,74,99)(H,75,96)(H,79,80)(H,81,82)(H,83,84)(H,85,86)(H,87,88)(H,89,90)(H,101,102)(H4,60,61,66)(H4,62,63,67)/b76-24+/t27-,28-,29?,30-,31-,32-,33-,34-,35-,36+,37?/m0/s1. The van der Waals surface area contributed by atoms with Gasteiger partial charge in [-0.1, -0.05) is 12.1 Å². The van der Waals surface area contributed by atoms with Gasteiger partial charge in [0.15, 0.2) is 11.9 Å². The highest BCUT2D eigenvalue weighted by molar-refractivity contribution is 8.00. The Bertz CT molecular complexity index is 3400. The van der Waals surface area contributed by atoms with Crippen molar-refractivity contribution in [3.63, 3.8) is 0 Å². The molecule has 11 atom stereocenters. The van der Waals surface area contributed by atoms with Crippen LogP contribution < -0.4 is 93.0 Å². The van der Waals surface area contributed by atoms with E-state index in [1.54, 1.807) is 6.92 Å². The molecule has 1 heterocycles. The van der Waals surface area contributed by atoms with E-state index in [2.05, 4.69) is 52.3 Å². The predicted octanol–water partition coefficient (Wildman–Crippen LogP) is -9.41. The van der Waals surface area contributed by atoms with E-state index in [-0.39, 0.29) is 69.2 Å². The summed E-state index contributed by atoms with van der Waals surface area (Å²) in [5.41, 5.74) is 33.7. The quantitative estimate of drug-likeness (QED) is 0.00719. The van der Waals surface area contributed by atoms with Crippen LogP contribution >= 0.6 is 11.8 Å². The normalized spacial score (nSPS) is 15.5. The van der Waals surface area contributed by atoms with Crippen LogP contribution in [0.3, 0.4) is 0 Å². The number of anilines is 1. The first-order valence-corrected chi connectivity index (χ1v) is 32.0. The molecule has 1 aliphatic rings. The molecule has 0 aromatic heterocycles. The van der Waals surface area contributed by atoms with Crippen molar-refractivity contribution in [2.24, 2.45) is 55.3 Å². The van der Waals surface area contributed by atoms with Crippen molar-refractivity contribution in [1.82, 2.24) is 47.9 Å². The van der Waals surface area contributed by atoms with Gasteiger partial charge in [0.25, 0.3) is 0 Å². The van der Waals surface area contributed by atoms with Gasteiger partial charge in [-0.15, -0.1) is 11.8 Å². The van der Waals surface area contributed by atoms with Gasteiger partial charge in [0, 0.05) is 31.8 Å². The number of carbonyl (C=O) groups is 18. The molecule has 1 aliphatic heterocycles. The lowest BCUT2D eigenvalue weighted by Gasteiger charge is -2.26. The first-order chi connectivity index (χ1) is 48.2. The topological polar surface area (TPSA) is 780 Å². The minimum Gasteiger partial charge on any atom is -0.481 e. The number of carbonyl (C=O) groups excluding carboxylic acids is 11. The highest BCUT2D eigenvalue weighted by Crippen LogP contribution is 2.30. The zero-order valence-corrected chi connectivity index (χ0v) is 55.9. The van der Waals surface area contributed by atoms with E-state index in [9.17, 15) is 112 Å². The zero-order valence-electron chi connectivity index (χ0n) is 55.1. The number of imide groups is 1. The molecular weight excluding hydrogens is 1400 g/mol. The van der Waals surface area contributed by atoms with Crippen LogP contribution in [0.4, 0.5) is 5.69 Å². The monoisotopic (exact) mass is 1480 g/mol. The highest BCUT2D eigenvalue weighted by atomic mass is 32.2. The molecule has 568 valence electrons. The number of hydrazone groups is 1. The third-order valence-corrected chi connectivity index (χ3v) is 15.7. The second-order valence-electron chi connectivity index (χ2n) is 22.7. The Morgan fingerprint density at radius 3 is 1.15 bits per heavy atom. The van der Waals surface area contributed by atoms with E-state index in [1.165, 1.54) is 24.3 Å². The van der Waals surface area contributed by atoms with Crippen molar-refractivity contribution in [1.29, 1.82) is 0 Å². The molecule has 46 heteroatoms. The van der Waals surface area contributed by atoms with Crippen LogP contribution in [0.15, 0.2) is 39.4 Å². The van der Waals surface area contributed by atoms with E-state index in [4.69, 9.17) is 50.5 Å². The number of nitrogens with two attached hydrogens (primary N) is 7. The molecule has 2 rings (SSSR count). The van der Waals surface area contributed by atoms with Crippen molar-refractivity contribution in [3.8, 4) is 0 Å². The summed E-state index contributed by atoms with van der Waals surface area (Å²) in [5, 5.41) is 89.2. The summed E-state index contributed by atoms with van der Waals surface area (Å²) in [6, 6.07) is -13.5. The molecular formula is C57H84N20O25S. The van der Waals surface area contributed by atoms with Crippen LogP contribution in [0, 0.1) is 0 Å². The summed E-state index contributed by atoms with van der Waals surface area (Å²) in [5.74, 6) is -21.4. The number of thioether (sulfide) groups is 1. The van der Waals surface area contributed by atoms with Crippen LogP contribution in [0.25, 0.3) is 0 Å². The summed E-state index contributed by atoms with van der Waals surface area (Å²) in [4.78, 5) is 241. The first-order valence-electron chi connectivity index (χ1n) is 30.9. The number of amides is 11. The molecule has 30 N–H and O–H groups in total. The number of aliphatic imine (C=N–C) groups is 2. The molecule has 1 aromatic rings. The van der Waals surface area contributed by atoms with Gasteiger partial charge in [-0.05, 0) is 69.6 Å². The number of carboxylic acids is 7. The lowest BCUT2D eigenvalue weighted by molar-refractivity contribution is -0.144. The molecule has 0 saturated carbocycles. The number of nitrogens with zero attached hydrogens (tertiary/aromatic N) is 4. The van der Waals surface area contributed by atoms with E-state index >= 15 is 0 Å². The van der Waals surface area contributed by atoms with Gasteiger partial charge in [0.05, 0.1) is 67.3 Å². The van der Waals surface area contributed by atoms with Crippen LogP contribution in [0.2, 0.25) is 0 Å². The predicted molar refractivity (Wildman–Crippen MR) is 355 cm³/mol. The Kier molecular flexibility index (Phi) is 37.0. The van der Waals surface area contributed by atoms with Gasteiger partial charge in [-0.3, -0.25) is 91.5 Å². The molecule has 0 bridgehead atoms. The number of aliphatic carboxylic acids is 7. The molecule has 1 fully saturated rings. The molecule has 0 spiro atoms. The molecule has 11 amide bonds. The fourth-order valence-electron chi connectivity index (χ4n) is 9.23. The van der Waals surface area contributed by atoms with Gasteiger partial charge in [0.2, 0.25) is 65.0 Å². The zero-order chi connectivity index (χ0) is 78.0. The Hall–Kier alpha value is -11.8. The number of hydrogen-bond donors (Lipinski definition) is 23. The maximum Gasteiger partial charge on any atom is 0.327 e. The number of rotatable bonds is 48. The fourth-order valence-corrected chi connectivity index (χ4v) is 10.4. The Labute approximate surface area is 587 Å². The Morgan fingerprint density at radius 2 is 0.796 bits per heavy atom. The van der Waals surface area contributed by atoms with Crippen molar-refractivity contribution < 1.29 is 122 Å². The smallest absolute Gasteiger partial charge is 0.327 e. The van der Waals surface area contributed by atoms with Gasteiger partial charge in [0.1, 0.15) is 48.3 Å². The molecule has 1 aromatic carbocycles. The van der Waals surface area contributed by atoms with Crippen LogP contribution in [0.1, 0.15) is 102 Å². The summed E-state index contributed by atoms with van der Waals surface area (Å²) in [6.07, 6.45) is -9.35. The number of benzene rings is 1. The average Bonchev–Trinajstić information content (AvgIpc) is 1.67. The molecule has 2 unspecified atom stereocenters. The fraction of sp³-hybridized carbons (Fsp3) is 0.526. The second-order valence-corrected chi connectivity index (χ2v) is 23.9. The van der Waals surface area contributed by atoms with Gasteiger partial charge in [-0.2, -0.15) is 5.10 Å². The molecule has 103 heavy (non-hydrogen) atoms. The summed E-state index contributed by atoms with van der Waals surface area (Å²) < 4.78 is 0. The van der Waals surface area contributed by atoms with E-state index in [1.807, 2.05) is 10.6 Å². The van der Waals surface area contributed by atoms with Crippen LogP contribution in [-0.4, -0.2) is 251 Å². The van der Waals surface area contributed by atoms with E-state index in [0.717, 1.165) is 4.90 Å². The summed E-state index contributed by atoms with van der Waals surface area (Å²) in [6.45, 7) is 0.812. The van der Waals surface area contributed by atoms with Crippen molar-refractivity contribution in [2.75, 3.05) is 30.3 Å². The lowest BCUT2D eigenvalue weighted by atomic mass is 10.1. The maximum atomic E-state index is 14.3. The number of nitrogens with one attached hydrogen (secondary N) is 9. The average molecular weight is 1480 g/mol. The van der Waals surface area contributed by atoms with Gasteiger partial charge < -0.3 is 124 Å². The maximum absolute atomic E-state index is 14.3. The second kappa shape index (κ2) is 43.6. The summed E-state index contributed by atoms with van der Waals surface area (Å²) in [7, 11) is 0. The molecule has 1 saturated heterocycles. The SMILES string of the molecule is C/C(=N\N)c1ccc(N2C(=O)CC(SC[C@@H](NC(=O)C(CCCCNC(=O)[C@H](CC(=O)O)NC(=O)[C@H](CC(=O)O)NC(=O)[C@H](CCCN=C(N)N)NC(=O)[C@@H](N)CC(=O)O)NC(=O)[C@H](CC(=O)O)NC(=O)[C@H](CC(=O)O)NC(=O)[C@H](CCCN=C(N)N)NC(=O)[C@@H](N)CC(=O)O)C(=O)O)C2=O)cc1. The highest BCUT2D eigenvalue weighted by Gasteiger charge is 2.42. The van der Waals surface area contributed by atoms with Crippen molar-refractivity contribution >= 4 is 142 Å².